The van der Waals surface area contributed by atoms with Crippen molar-refractivity contribution in [3.8, 4) is 5.75 Å². The third kappa shape index (κ3) is 5.06. The quantitative estimate of drug-likeness (QED) is 0.507. The van der Waals surface area contributed by atoms with Gasteiger partial charge in [0.05, 0.1) is 24.8 Å². The van der Waals surface area contributed by atoms with E-state index in [2.05, 4.69) is 5.32 Å². The molecule has 1 aliphatic rings. The van der Waals surface area contributed by atoms with Crippen LogP contribution in [0.2, 0.25) is 0 Å². The summed E-state index contributed by atoms with van der Waals surface area (Å²) in [6, 6.07) is 20.4. The Bertz CT molecular complexity index is 1250. The van der Waals surface area contributed by atoms with Gasteiger partial charge in [-0.15, -0.1) is 0 Å². The molecule has 0 saturated heterocycles. The molecule has 1 heterocycles. The number of ether oxygens (including phenoxy) is 1. The Morgan fingerprint density at radius 2 is 1.57 bits per heavy atom. The van der Waals surface area contributed by atoms with Crippen LogP contribution in [0.5, 0.6) is 5.75 Å². The lowest BCUT2D eigenvalue weighted by molar-refractivity contribution is -0.116. The summed E-state index contributed by atoms with van der Waals surface area (Å²) < 4.78 is 5.11. The fourth-order valence-electron chi connectivity index (χ4n) is 3.93. The minimum Gasteiger partial charge on any atom is -0.497 e. The lowest BCUT2D eigenvalue weighted by atomic mass is 10.1. The average molecular weight is 472 g/mol. The van der Waals surface area contributed by atoms with Crippen LogP contribution in [-0.2, 0) is 11.3 Å². The number of nitrogens with zero attached hydrogens (tertiary/aromatic N) is 2. The van der Waals surface area contributed by atoms with Crippen molar-refractivity contribution in [1.82, 2.24) is 9.80 Å². The summed E-state index contributed by atoms with van der Waals surface area (Å²) in [6.07, 6.45) is 0. The predicted octanol–water partition coefficient (Wildman–Crippen LogP) is 3.59. The number of carbonyl (C=O) groups is 4. The second-order valence-corrected chi connectivity index (χ2v) is 8.04. The molecule has 35 heavy (non-hydrogen) atoms. The van der Waals surface area contributed by atoms with E-state index >= 15 is 0 Å². The first-order valence-electron chi connectivity index (χ1n) is 11.2. The lowest BCUT2D eigenvalue weighted by Crippen LogP contribution is -2.38. The molecule has 8 nitrogen and oxygen atoms in total. The summed E-state index contributed by atoms with van der Waals surface area (Å²) in [7, 11) is 1.56. The first kappa shape index (κ1) is 23.7. The molecule has 0 unspecified atom stereocenters. The number of imide groups is 1. The average Bonchev–Trinajstić information content (AvgIpc) is 3.12. The number of hydrogen-bond acceptors (Lipinski definition) is 5. The molecule has 0 bridgehead atoms. The van der Waals surface area contributed by atoms with E-state index in [1.165, 1.54) is 9.80 Å². The summed E-state index contributed by atoms with van der Waals surface area (Å²) in [5, 5.41) is 2.77. The zero-order chi connectivity index (χ0) is 24.9. The maximum absolute atomic E-state index is 13.1. The molecule has 0 atom stereocenters. The van der Waals surface area contributed by atoms with Crippen LogP contribution in [0.25, 0.3) is 0 Å². The number of methoxy groups -OCH3 is 1. The van der Waals surface area contributed by atoms with E-state index in [0.717, 1.165) is 0 Å². The molecule has 178 valence electrons. The van der Waals surface area contributed by atoms with Crippen LogP contribution < -0.4 is 10.1 Å². The normalized spacial score (nSPS) is 12.3. The summed E-state index contributed by atoms with van der Waals surface area (Å²) in [6.45, 7) is 2.06. The Labute approximate surface area is 203 Å². The molecular weight excluding hydrogens is 446 g/mol. The number of benzene rings is 3. The number of likely N-dealkylation sites (N-methyl/N-ethyl adjacent to an activating group) is 1. The predicted molar refractivity (Wildman–Crippen MR) is 130 cm³/mol. The molecule has 3 aromatic carbocycles. The van der Waals surface area contributed by atoms with Gasteiger partial charge in [-0.25, -0.2) is 0 Å². The highest BCUT2D eigenvalue weighted by atomic mass is 16.5. The van der Waals surface area contributed by atoms with Crippen LogP contribution in [0.4, 0.5) is 5.69 Å². The number of hydrogen-bond donors (Lipinski definition) is 1. The lowest BCUT2D eigenvalue weighted by Gasteiger charge is -2.21. The molecule has 0 saturated carbocycles. The number of anilines is 1. The zero-order valence-electron chi connectivity index (χ0n) is 19.5. The highest BCUT2D eigenvalue weighted by Crippen LogP contribution is 2.24. The van der Waals surface area contributed by atoms with Crippen molar-refractivity contribution in [3.63, 3.8) is 0 Å². The van der Waals surface area contributed by atoms with E-state index < -0.39 is 0 Å². The van der Waals surface area contributed by atoms with Gasteiger partial charge in [-0.1, -0.05) is 24.3 Å². The summed E-state index contributed by atoms with van der Waals surface area (Å²) in [4.78, 5) is 53.6. The van der Waals surface area contributed by atoms with E-state index in [1.807, 2.05) is 0 Å². The van der Waals surface area contributed by atoms with Crippen molar-refractivity contribution >= 4 is 29.3 Å². The van der Waals surface area contributed by atoms with E-state index in [0.29, 0.717) is 40.2 Å². The zero-order valence-corrected chi connectivity index (χ0v) is 19.5. The standard InChI is InChI=1S/C27H25N3O5/c1-3-29(17-24(31)28-20-11-13-21(35-2)14-12-20)25(32)19-8-6-7-18(15-19)16-30-26(33)22-9-4-5-10-23(22)27(30)34/h4-15H,3,16-17H2,1-2H3,(H,28,31). The summed E-state index contributed by atoms with van der Waals surface area (Å²) in [5.74, 6) is -0.677. The molecule has 1 aliphatic heterocycles. The molecule has 1 N–H and O–H groups in total. The van der Waals surface area contributed by atoms with Gasteiger partial charge in [-0.3, -0.25) is 24.1 Å². The molecule has 0 radical (unpaired) electrons. The molecule has 0 aliphatic carbocycles. The molecule has 3 aromatic rings. The van der Waals surface area contributed by atoms with Crippen molar-refractivity contribution in [2.45, 2.75) is 13.5 Å². The second-order valence-electron chi connectivity index (χ2n) is 8.04. The number of carbonyl (C=O) groups excluding carboxylic acids is 4. The van der Waals surface area contributed by atoms with Gasteiger partial charge < -0.3 is 15.0 Å². The molecular formula is C27H25N3O5. The summed E-state index contributed by atoms with van der Waals surface area (Å²) in [5.41, 5.74) is 2.37. The highest BCUT2D eigenvalue weighted by molar-refractivity contribution is 6.21. The Morgan fingerprint density at radius 1 is 0.914 bits per heavy atom. The molecule has 0 aromatic heterocycles. The van der Waals surface area contributed by atoms with Gasteiger partial charge in [0.25, 0.3) is 17.7 Å². The molecule has 0 spiro atoms. The first-order chi connectivity index (χ1) is 16.9. The fourth-order valence-corrected chi connectivity index (χ4v) is 3.93. The number of nitrogens with one attached hydrogen (secondary N) is 1. The van der Waals surface area contributed by atoms with Crippen molar-refractivity contribution in [2.75, 3.05) is 25.5 Å². The van der Waals surface area contributed by atoms with Gasteiger partial charge in [0.1, 0.15) is 12.3 Å². The number of rotatable bonds is 8. The third-order valence-corrected chi connectivity index (χ3v) is 5.77. The van der Waals surface area contributed by atoms with E-state index in [9.17, 15) is 19.2 Å². The topological polar surface area (TPSA) is 96.0 Å². The van der Waals surface area contributed by atoms with Crippen LogP contribution in [0.3, 0.4) is 0 Å². The van der Waals surface area contributed by atoms with E-state index in [-0.39, 0.29) is 36.7 Å². The molecule has 0 fully saturated rings. The second kappa shape index (κ2) is 10.2. The SMILES string of the molecule is CCN(CC(=O)Nc1ccc(OC)cc1)C(=O)c1cccc(CN2C(=O)c3ccccc3C2=O)c1. The van der Waals surface area contributed by atoms with Crippen molar-refractivity contribution < 1.29 is 23.9 Å². The third-order valence-electron chi connectivity index (χ3n) is 5.77. The van der Waals surface area contributed by atoms with Crippen molar-refractivity contribution in [3.05, 3.63) is 95.1 Å². The van der Waals surface area contributed by atoms with Crippen molar-refractivity contribution in [2.24, 2.45) is 0 Å². The van der Waals surface area contributed by atoms with Crippen LogP contribution in [0.1, 0.15) is 43.6 Å². The maximum atomic E-state index is 13.1. The monoisotopic (exact) mass is 471 g/mol. The molecule has 4 rings (SSSR count). The number of fused-ring (bicyclic) bond motifs is 1. The van der Waals surface area contributed by atoms with E-state index in [1.54, 1.807) is 86.8 Å². The van der Waals surface area contributed by atoms with Gasteiger partial charge in [-0.2, -0.15) is 0 Å². The first-order valence-corrected chi connectivity index (χ1v) is 11.2. The van der Waals surface area contributed by atoms with Crippen LogP contribution in [0.15, 0.2) is 72.8 Å². The van der Waals surface area contributed by atoms with Gasteiger partial charge >= 0.3 is 0 Å². The van der Waals surface area contributed by atoms with Gasteiger partial charge in [-0.05, 0) is 61.0 Å². The van der Waals surface area contributed by atoms with Gasteiger partial charge in [0.15, 0.2) is 0 Å². The number of amides is 4. The minimum atomic E-state index is -0.354. The van der Waals surface area contributed by atoms with Crippen LogP contribution in [-0.4, -0.2) is 53.6 Å². The maximum Gasteiger partial charge on any atom is 0.261 e. The Balaban J connectivity index is 1.43. The van der Waals surface area contributed by atoms with Crippen LogP contribution in [0, 0.1) is 0 Å². The summed E-state index contributed by atoms with van der Waals surface area (Å²) >= 11 is 0. The highest BCUT2D eigenvalue weighted by Gasteiger charge is 2.35. The molecule has 8 heteroatoms. The van der Waals surface area contributed by atoms with Gasteiger partial charge in [0.2, 0.25) is 5.91 Å². The van der Waals surface area contributed by atoms with Crippen molar-refractivity contribution in [1.29, 1.82) is 0 Å². The Hall–Kier alpha value is -4.46. The Kier molecular flexibility index (Phi) is 6.91. The molecule has 4 amide bonds. The largest absolute Gasteiger partial charge is 0.497 e. The minimum absolute atomic E-state index is 0.0531. The fraction of sp³-hybridized carbons (Fsp3) is 0.185. The van der Waals surface area contributed by atoms with Crippen LogP contribution >= 0.6 is 0 Å². The smallest absolute Gasteiger partial charge is 0.261 e. The van der Waals surface area contributed by atoms with Gasteiger partial charge in [0, 0.05) is 17.8 Å². The van der Waals surface area contributed by atoms with E-state index in [4.69, 9.17) is 4.74 Å². The Morgan fingerprint density at radius 3 is 2.17 bits per heavy atom.